The monoisotopic (exact) mass is 274 g/mol. The van der Waals surface area contributed by atoms with E-state index >= 15 is 0 Å². The Morgan fingerprint density at radius 1 is 1.15 bits per heavy atom. The van der Waals surface area contributed by atoms with E-state index in [2.05, 4.69) is 61.3 Å². The van der Waals surface area contributed by atoms with Gasteiger partial charge in [-0.3, -0.25) is 4.90 Å². The third-order valence-electron chi connectivity index (χ3n) is 4.94. The van der Waals surface area contributed by atoms with Crippen LogP contribution >= 0.6 is 0 Å². The van der Waals surface area contributed by atoms with Gasteiger partial charge >= 0.3 is 0 Å². The molecule has 20 heavy (non-hydrogen) atoms. The molecule has 0 aromatic heterocycles. The quantitative estimate of drug-likeness (QED) is 0.848. The molecule has 1 aromatic rings. The van der Waals surface area contributed by atoms with Gasteiger partial charge in [-0.1, -0.05) is 57.5 Å². The van der Waals surface area contributed by atoms with E-state index in [1.165, 1.54) is 37.8 Å². The Kier molecular flexibility index (Phi) is 5.62. The predicted octanol–water partition coefficient (Wildman–Crippen LogP) is 3.82. The summed E-state index contributed by atoms with van der Waals surface area (Å²) >= 11 is 0. The van der Waals surface area contributed by atoms with Crippen LogP contribution in [0, 0.1) is 0 Å². The van der Waals surface area contributed by atoms with E-state index < -0.39 is 0 Å². The molecule has 0 bridgehead atoms. The van der Waals surface area contributed by atoms with Crippen molar-refractivity contribution in [1.82, 2.24) is 10.2 Å². The van der Waals surface area contributed by atoms with Crippen LogP contribution in [0.4, 0.5) is 0 Å². The highest BCUT2D eigenvalue weighted by Gasteiger charge is 2.36. The molecule has 2 nitrogen and oxygen atoms in total. The highest BCUT2D eigenvalue weighted by atomic mass is 15.2. The molecule has 0 aliphatic carbocycles. The van der Waals surface area contributed by atoms with E-state index in [0.717, 1.165) is 13.1 Å². The van der Waals surface area contributed by atoms with Crippen molar-refractivity contribution in [3.63, 3.8) is 0 Å². The van der Waals surface area contributed by atoms with Gasteiger partial charge in [-0.25, -0.2) is 0 Å². The van der Waals surface area contributed by atoms with E-state index in [0.29, 0.717) is 11.6 Å². The van der Waals surface area contributed by atoms with Crippen LogP contribution in [0.2, 0.25) is 0 Å². The minimum absolute atomic E-state index is 0.318. The maximum atomic E-state index is 3.84. The molecule has 1 aliphatic heterocycles. The highest BCUT2D eigenvalue weighted by molar-refractivity contribution is 5.15. The number of nitrogens with zero attached hydrogens (tertiary/aromatic N) is 1. The highest BCUT2D eigenvalue weighted by Crippen LogP contribution is 2.25. The molecule has 1 aromatic carbocycles. The molecule has 2 rings (SSSR count). The lowest BCUT2D eigenvalue weighted by Crippen LogP contribution is -2.63. The summed E-state index contributed by atoms with van der Waals surface area (Å²) in [7, 11) is 0. The second kappa shape index (κ2) is 7.24. The van der Waals surface area contributed by atoms with Gasteiger partial charge in [-0.2, -0.15) is 0 Å². The van der Waals surface area contributed by atoms with E-state index in [1.54, 1.807) is 0 Å². The summed E-state index contributed by atoms with van der Waals surface area (Å²) in [6.45, 7) is 10.3. The standard InChI is InChI=1S/C18H30N2/c1-4-10-17-13-19-18(5-2,6-3)15-20(17)14-16-11-8-7-9-12-16/h7-9,11-12,17,19H,4-6,10,13-15H2,1-3H3. The second-order valence-corrected chi connectivity index (χ2v) is 6.20. The first kappa shape index (κ1) is 15.5. The van der Waals surface area contributed by atoms with Gasteiger partial charge in [0.05, 0.1) is 0 Å². The van der Waals surface area contributed by atoms with Gasteiger partial charge < -0.3 is 5.32 Å². The van der Waals surface area contributed by atoms with Crippen molar-refractivity contribution in [2.45, 2.75) is 64.6 Å². The zero-order valence-electron chi connectivity index (χ0n) is 13.4. The van der Waals surface area contributed by atoms with Gasteiger partial charge in [0.2, 0.25) is 0 Å². The van der Waals surface area contributed by atoms with Crippen LogP contribution in [0.25, 0.3) is 0 Å². The topological polar surface area (TPSA) is 15.3 Å². The van der Waals surface area contributed by atoms with Crippen molar-refractivity contribution in [1.29, 1.82) is 0 Å². The Hall–Kier alpha value is -0.860. The minimum Gasteiger partial charge on any atom is -0.308 e. The summed E-state index contributed by atoms with van der Waals surface area (Å²) in [6.07, 6.45) is 4.99. The maximum absolute atomic E-state index is 3.84. The van der Waals surface area contributed by atoms with Crippen molar-refractivity contribution in [2.24, 2.45) is 0 Å². The third kappa shape index (κ3) is 3.62. The molecule has 0 saturated carbocycles. The normalized spacial score (nSPS) is 22.9. The number of piperazine rings is 1. The Morgan fingerprint density at radius 3 is 2.45 bits per heavy atom. The van der Waals surface area contributed by atoms with Crippen molar-refractivity contribution in [2.75, 3.05) is 13.1 Å². The number of benzene rings is 1. The lowest BCUT2D eigenvalue weighted by atomic mass is 9.87. The number of hydrogen-bond donors (Lipinski definition) is 1. The zero-order valence-corrected chi connectivity index (χ0v) is 13.4. The average Bonchev–Trinajstić information content (AvgIpc) is 2.50. The number of nitrogens with one attached hydrogen (secondary N) is 1. The van der Waals surface area contributed by atoms with E-state index in [1.807, 2.05) is 0 Å². The molecule has 112 valence electrons. The van der Waals surface area contributed by atoms with Crippen molar-refractivity contribution in [3.8, 4) is 0 Å². The van der Waals surface area contributed by atoms with Gasteiger partial charge in [-0.15, -0.1) is 0 Å². The van der Waals surface area contributed by atoms with E-state index in [9.17, 15) is 0 Å². The first-order valence-electron chi connectivity index (χ1n) is 8.26. The molecule has 1 saturated heterocycles. The fourth-order valence-corrected chi connectivity index (χ4v) is 3.38. The minimum atomic E-state index is 0.318. The van der Waals surface area contributed by atoms with Gasteiger partial charge in [0.1, 0.15) is 0 Å². The molecule has 1 heterocycles. The van der Waals surface area contributed by atoms with Crippen LogP contribution < -0.4 is 5.32 Å². The van der Waals surface area contributed by atoms with E-state index in [4.69, 9.17) is 0 Å². The Balaban J connectivity index is 2.10. The first-order valence-corrected chi connectivity index (χ1v) is 8.26. The Bertz CT molecular complexity index is 384. The number of rotatable bonds is 6. The fourth-order valence-electron chi connectivity index (χ4n) is 3.38. The summed E-state index contributed by atoms with van der Waals surface area (Å²) < 4.78 is 0. The SMILES string of the molecule is CCCC1CNC(CC)(CC)CN1Cc1ccccc1. The molecule has 1 N–H and O–H groups in total. The maximum Gasteiger partial charge on any atom is 0.0304 e. The van der Waals surface area contributed by atoms with Crippen LogP contribution in [-0.4, -0.2) is 29.6 Å². The predicted molar refractivity (Wildman–Crippen MR) is 86.9 cm³/mol. The average molecular weight is 274 g/mol. The molecule has 0 spiro atoms. The molecule has 1 atom stereocenters. The zero-order chi connectivity index (χ0) is 14.4. The van der Waals surface area contributed by atoms with Crippen LogP contribution in [0.5, 0.6) is 0 Å². The summed E-state index contributed by atoms with van der Waals surface area (Å²) in [4.78, 5) is 2.71. The molecule has 1 unspecified atom stereocenters. The van der Waals surface area contributed by atoms with Gasteiger partial charge in [0.25, 0.3) is 0 Å². The lowest BCUT2D eigenvalue weighted by Gasteiger charge is -2.47. The largest absolute Gasteiger partial charge is 0.308 e. The fraction of sp³-hybridized carbons (Fsp3) is 0.667. The second-order valence-electron chi connectivity index (χ2n) is 6.20. The van der Waals surface area contributed by atoms with Crippen molar-refractivity contribution in [3.05, 3.63) is 35.9 Å². The van der Waals surface area contributed by atoms with E-state index in [-0.39, 0.29) is 0 Å². The van der Waals surface area contributed by atoms with Crippen molar-refractivity contribution < 1.29 is 0 Å². The molecule has 0 amide bonds. The lowest BCUT2D eigenvalue weighted by molar-refractivity contribution is 0.0616. The Morgan fingerprint density at radius 2 is 1.85 bits per heavy atom. The van der Waals surface area contributed by atoms with Gasteiger partial charge in [0, 0.05) is 31.2 Å². The first-order chi connectivity index (χ1) is 9.73. The smallest absolute Gasteiger partial charge is 0.0304 e. The van der Waals surface area contributed by atoms with Crippen LogP contribution in [0.1, 0.15) is 52.0 Å². The van der Waals surface area contributed by atoms with Crippen LogP contribution in [0.3, 0.4) is 0 Å². The Labute approximate surface area is 124 Å². The van der Waals surface area contributed by atoms with Crippen LogP contribution in [0.15, 0.2) is 30.3 Å². The summed E-state index contributed by atoms with van der Waals surface area (Å²) in [5.41, 5.74) is 1.76. The van der Waals surface area contributed by atoms with Gasteiger partial charge in [-0.05, 0) is 24.8 Å². The molecule has 1 fully saturated rings. The summed E-state index contributed by atoms with van der Waals surface area (Å²) in [6, 6.07) is 11.6. The third-order valence-corrected chi connectivity index (χ3v) is 4.94. The molecule has 1 aliphatic rings. The summed E-state index contributed by atoms with van der Waals surface area (Å²) in [5.74, 6) is 0. The van der Waals surface area contributed by atoms with Gasteiger partial charge in [0.15, 0.2) is 0 Å². The molecular weight excluding hydrogens is 244 g/mol. The molecule has 2 heteroatoms. The molecule has 0 radical (unpaired) electrons. The number of hydrogen-bond acceptors (Lipinski definition) is 2. The van der Waals surface area contributed by atoms with Crippen molar-refractivity contribution >= 4 is 0 Å². The summed E-state index contributed by atoms with van der Waals surface area (Å²) in [5, 5.41) is 3.84. The molecular formula is C18H30N2. The van der Waals surface area contributed by atoms with Crippen LogP contribution in [-0.2, 0) is 6.54 Å².